The van der Waals surface area contributed by atoms with Crippen molar-refractivity contribution < 1.29 is 14.3 Å². The van der Waals surface area contributed by atoms with Crippen LogP contribution in [0.4, 0.5) is 5.69 Å². The summed E-state index contributed by atoms with van der Waals surface area (Å²) in [4.78, 5) is 25.3. The first-order valence-electron chi connectivity index (χ1n) is 7.59. The lowest BCUT2D eigenvalue weighted by atomic mass is 10.2. The van der Waals surface area contributed by atoms with Gasteiger partial charge in [0.15, 0.2) is 0 Å². The minimum Gasteiger partial charge on any atom is -0.376 e. The van der Waals surface area contributed by atoms with Crippen molar-refractivity contribution in [3.05, 3.63) is 28.2 Å². The molecule has 5 nitrogen and oxygen atoms in total. The number of anilines is 1. The number of amides is 2. The van der Waals surface area contributed by atoms with Crippen LogP contribution in [0.5, 0.6) is 0 Å². The second kappa shape index (κ2) is 8.52. The predicted octanol–water partition coefficient (Wildman–Crippen LogP) is 3.03. The highest BCUT2D eigenvalue weighted by Gasteiger charge is 2.19. The molecule has 7 heteroatoms. The summed E-state index contributed by atoms with van der Waals surface area (Å²) in [5.74, 6) is -0.314. The van der Waals surface area contributed by atoms with Gasteiger partial charge in [0.05, 0.1) is 21.8 Å². The van der Waals surface area contributed by atoms with Gasteiger partial charge in [-0.25, -0.2) is 0 Å². The number of rotatable bonds is 6. The van der Waals surface area contributed by atoms with E-state index in [0.717, 1.165) is 19.4 Å². The Labute approximate surface area is 145 Å². The summed E-state index contributed by atoms with van der Waals surface area (Å²) in [6.45, 7) is 2.94. The van der Waals surface area contributed by atoms with E-state index >= 15 is 0 Å². The Hall–Kier alpha value is -1.30. The standard InChI is InChI=1S/C16H20Cl2N2O3/c1-11(21)20(14-6-2-5-13(17)16(14)18)8-7-15(22)19-10-12-4-3-9-23-12/h2,5-6,12H,3-4,7-10H2,1H3,(H,19,22). The van der Waals surface area contributed by atoms with Gasteiger partial charge >= 0.3 is 0 Å². The molecule has 2 rings (SSSR count). The zero-order valence-electron chi connectivity index (χ0n) is 13.0. The van der Waals surface area contributed by atoms with Gasteiger partial charge in [0.1, 0.15) is 0 Å². The van der Waals surface area contributed by atoms with Crippen LogP contribution in [0.1, 0.15) is 26.2 Å². The molecular weight excluding hydrogens is 339 g/mol. The molecule has 126 valence electrons. The van der Waals surface area contributed by atoms with Gasteiger partial charge in [0, 0.05) is 33.0 Å². The van der Waals surface area contributed by atoms with Gasteiger partial charge in [-0.15, -0.1) is 0 Å². The van der Waals surface area contributed by atoms with Gasteiger partial charge in [-0.3, -0.25) is 9.59 Å². The minimum absolute atomic E-state index is 0.102. The fourth-order valence-corrected chi connectivity index (χ4v) is 2.88. The van der Waals surface area contributed by atoms with Crippen LogP contribution in [0, 0.1) is 0 Å². The third-order valence-corrected chi connectivity index (χ3v) is 4.52. The molecule has 1 aliphatic heterocycles. The summed E-state index contributed by atoms with van der Waals surface area (Å²) in [6, 6.07) is 5.08. The van der Waals surface area contributed by atoms with Gasteiger partial charge in [-0.2, -0.15) is 0 Å². The topological polar surface area (TPSA) is 58.6 Å². The van der Waals surface area contributed by atoms with Crippen molar-refractivity contribution in [3.63, 3.8) is 0 Å². The van der Waals surface area contributed by atoms with Crippen molar-refractivity contribution in [3.8, 4) is 0 Å². The van der Waals surface area contributed by atoms with E-state index in [9.17, 15) is 9.59 Å². The van der Waals surface area contributed by atoms with E-state index in [0.29, 0.717) is 22.3 Å². The lowest BCUT2D eigenvalue weighted by Crippen LogP contribution is -2.36. The van der Waals surface area contributed by atoms with E-state index in [-0.39, 0.29) is 30.9 Å². The molecule has 1 unspecified atom stereocenters. The van der Waals surface area contributed by atoms with Gasteiger partial charge in [-0.05, 0) is 25.0 Å². The van der Waals surface area contributed by atoms with Crippen LogP contribution in [0.15, 0.2) is 18.2 Å². The normalized spacial score (nSPS) is 17.1. The number of carbonyl (C=O) groups excluding carboxylic acids is 2. The summed E-state index contributed by atoms with van der Waals surface area (Å²) < 4.78 is 5.45. The van der Waals surface area contributed by atoms with Gasteiger partial charge < -0.3 is 15.0 Å². The van der Waals surface area contributed by atoms with Gasteiger partial charge in [0.2, 0.25) is 11.8 Å². The smallest absolute Gasteiger partial charge is 0.223 e. The molecular formula is C16H20Cl2N2O3. The summed E-state index contributed by atoms with van der Waals surface area (Å²) in [6.07, 6.45) is 2.30. The van der Waals surface area contributed by atoms with Crippen molar-refractivity contribution in [2.45, 2.75) is 32.3 Å². The highest BCUT2D eigenvalue weighted by atomic mass is 35.5. The van der Waals surface area contributed by atoms with E-state index in [4.69, 9.17) is 27.9 Å². The summed E-state index contributed by atoms with van der Waals surface area (Å²) in [7, 11) is 0. The van der Waals surface area contributed by atoms with Crippen LogP contribution < -0.4 is 10.2 Å². The summed E-state index contributed by atoms with van der Waals surface area (Å²) >= 11 is 12.1. The molecule has 1 N–H and O–H groups in total. The number of carbonyl (C=O) groups is 2. The molecule has 0 aromatic heterocycles. The number of benzene rings is 1. The predicted molar refractivity (Wildman–Crippen MR) is 91.1 cm³/mol. The van der Waals surface area contributed by atoms with Crippen LogP contribution in [0.2, 0.25) is 10.0 Å². The molecule has 1 saturated heterocycles. The molecule has 1 heterocycles. The molecule has 1 atom stereocenters. The van der Waals surface area contributed by atoms with Crippen molar-refractivity contribution in [1.82, 2.24) is 5.32 Å². The van der Waals surface area contributed by atoms with Crippen LogP contribution in [0.25, 0.3) is 0 Å². The first kappa shape index (κ1) is 18.0. The number of hydrogen-bond donors (Lipinski definition) is 1. The second-order valence-electron chi connectivity index (χ2n) is 5.43. The SMILES string of the molecule is CC(=O)N(CCC(=O)NCC1CCCO1)c1cccc(Cl)c1Cl. The zero-order valence-corrected chi connectivity index (χ0v) is 14.5. The summed E-state index contributed by atoms with van der Waals surface area (Å²) in [5, 5.41) is 3.52. The highest BCUT2D eigenvalue weighted by Crippen LogP contribution is 2.32. The monoisotopic (exact) mass is 358 g/mol. The second-order valence-corrected chi connectivity index (χ2v) is 6.22. The van der Waals surface area contributed by atoms with Gasteiger partial charge in [0.25, 0.3) is 0 Å². The first-order chi connectivity index (χ1) is 11.0. The Balaban J connectivity index is 1.90. The van der Waals surface area contributed by atoms with E-state index in [1.807, 2.05) is 0 Å². The lowest BCUT2D eigenvalue weighted by molar-refractivity contribution is -0.121. The van der Waals surface area contributed by atoms with Crippen LogP contribution in [-0.2, 0) is 14.3 Å². The fraction of sp³-hybridized carbons (Fsp3) is 0.500. The molecule has 1 aromatic rings. The maximum Gasteiger partial charge on any atom is 0.223 e. The van der Waals surface area contributed by atoms with E-state index in [1.54, 1.807) is 18.2 Å². The molecule has 0 aliphatic carbocycles. The van der Waals surface area contributed by atoms with Crippen LogP contribution >= 0.6 is 23.2 Å². The third-order valence-electron chi connectivity index (χ3n) is 3.72. The fourth-order valence-electron chi connectivity index (χ4n) is 2.48. The van der Waals surface area contributed by atoms with Crippen molar-refractivity contribution in [2.24, 2.45) is 0 Å². The van der Waals surface area contributed by atoms with Crippen molar-refractivity contribution >= 4 is 40.7 Å². The van der Waals surface area contributed by atoms with Crippen molar-refractivity contribution in [1.29, 1.82) is 0 Å². The van der Waals surface area contributed by atoms with E-state index in [2.05, 4.69) is 5.32 Å². The first-order valence-corrected chi connectivity index (χ1v) is 8.35. The molecule has 2 amide bonds. The Morgan fingerprint density at radius 1 is 1.39 bits per heavy atom. The number of nitrogens with one attached hydrogen (secondary N) is 1. The number of ether oxygens (including phenoxy) is 1. The molecule has 1 aromatic carbocycles. The van der Waals surface area contributed by atoms with E-state index < -0.39 is 0 Å². The minimum atomic E-state index is -0.193. The maximum absolute atomic E-state index is 11.9. The Kier molecular flexibility index (Phi) is 6.69. The average Bonchev–Trinajstić information content (AvgIpc) is 3.02. The molecule has 0 radical (unpaired) electrons. The van der Waals surface area contributed by atoms with Crippen LogP contribution in [-0.4, -0.2) is 37.6 Å². The van der Waals surface area contributed by atoms with Gasteiger partial charge in [-0.1, -0.05) is 29.3 Å². The Morgan fingerprint density at radius 3 is 2.83 bits per heavy atom. The summed E-state index contributed by atoms with van der Waals surface area (Å²) in [5.41, 5.74) is 0.513. The van der Waals surface area contributed by atoms with E-state index in [1.165, 1.54) is 11.8 Å². The maximum atomic E-state index is 11.9. The lowest BCUT2D eigenvalue weighted by Gasteiger charge is -2.22. The molecule has 1 fully saturated rings. The molecule has 1 aliphatic rings. The molecule has 0 saturated carbocycles. The Morgan fingerprint density at radius 2 is 2.17 bits per heavy atom. The molecule has 23 heavy (non-hydrogen) atoms. The average molecular weight is 359 g/mol. The molecule has 0 bridgehead atoms. The van der Waals surface area contributed by atoms with Crippen molar-refractivity contribution in [2.75, 3.05) is 24.6 Å². The number of nitrogens with zero attached hydrogens (tertiary/aromatic N) is 1. The zero-order chi connectivity index (χ0) is 16.8. The Bertz CT molecular complexity index is 574. The molecule has 0 spiro atoms. The quantitative estimate of drug-likeness (QED) is 0.850. The largest absolute Gasteiger partial charge is 0.376 e. The number of halogens is 2. The highest BCUT2D eigenvalue weighted by molar-refractivity contribution is 6.44. The third kappa shape index (κ3) is 5.09. The number of hydrogen-bond acceptors (Lipinski definition) is 3. The van der Waals surface area contributed by atoms with Crippen LogP contribution in [0.3, 0.4) is 0 Å².